The molecule has 0 aliphatic carbocycles. The second-order valence-corrected chi connectivity index (χ2v) is 11.8. The van der Waals surface area contributed by atoms with Crippen molar-refractivity contribution in [2.24, 2.45) is 5.41 Å². The van der Waals surface area contributed by atoms with Gasteiger partial charge >= 0.3 is 27.9 Å². The Morgan fingerprint density at radius 2 is 0.739 bits per heavy atom. The van der Waals surface area contributed by atoms with Crippen molar-refractivity contribution in [2.75, 3.05) is 42.7 Å². The van der Waals surface area contributed by atoms with Gasteiger partial charge in [-0.3, -0.25) is 0 Å². The molecule has 137 valence electrons. The van der Waals surface area contributed by atoms with Gasteiger partial charge in [-0.15, -0.1) is 0 Å². The molecule has 6 nitrogen and oxygen atoms in total. The van der Waals surface area contributed by atoms with Crippen LogP contribution < -0.4 is 0 Å². The van der Waals surface area contributed by atoms with Crippen molar-refractivity contribution in [1.29, 1.82) is 0 Å². The molecule has 0 aromatic carbocycles. The van der Waals surface area contributed by atoms with Crippen LogP contribution in [-0.2, 0) is 26.6 Å². The third-order valence-corrected chi connectivity index (χ3v) is 8.87. The first-order valence-corrected chi connectivity index (χ1v) is 12.4. The van der Waals surface area contributed by atoms with Gasteiger partial charge in [0, 0.05) is 42.7 Å². The van der Waals surface area contributed by atoms with E-state index in [2.05, 4.69) is 6.92 Å². The molecule has 0 atom stereocenters. The summed E-state index contributed by atoms with van der Waals surface area (Å²) >= 11 is 0. The Bertz CT molecular complexity index is 232. The lowest BCUT2D eigenvalue weighted by Gasteiger charge is -2.31. The van der Waals surface area contributed by atoms with Crippen molar-refractivity contribution >= 4 is 27.9 Å². The van der Waals surface area contributed by atoms with Gasteiger partial charge in [-0.05, 0) is 42.8 Å². The zero-order valence-corrected chi connectivity index (χ0v) is 18.7. The van der Waals surface area contributed by atoms with Crippen LogP contribution >= 0.6 is 0 Å². The van der Waals surface area contributed by atoms with Gasteiger partial charge in [0.2, 0.25) is 0 Å². The highest BCUT2D eigenvalue weighted by Crippen LogP contribution is 2.37. The molecule has 0 fully saturated rings. The molecule has 0 heterocycles. The maximum Gasteiger partial charge on any atom is 0.384 e. The number of hydrogen-bond donors (Lipinski definition) is 0. The number of rotatable bonds is 15. The molecule has 0 rings (SSSR count). The summed E-state index contributed by atoms with van der Waals surface area (Å²) in [5.74, 6) is 0. The summed E-state index contributed by atoms with van der Waals surface area (Å²) in [4.78, 5) is 0. The van der Waals surface area contributed by atoms with Crippen molar-refractivity contribution < 1.29 is 26.6 Å². The highest BCUT2D eigenvalue weighted by Gasteiger charge is 2.30. The molecular weight excluding hydrogens is 348 g/mol. The Hall–Kier alpha value is 0.411. The molecule has 23 heavy (non-hydrogen) atoms. The molecule has 0 bridgehead atoms. The molecule has 0 aromatic rings. The van der Waals surface area contributed by atoms with Crippen LogP contribution in [0.2, 0.25) is 18.1 Å². The first-order valence-electron chi connectivity index (χ1n) is 7.80. The van der Waals surface area contributed by atoms with Crippen LogP contribution in [0, 0.1) is 5.41 Å². The van der Waals surface area contributed by atoms with Gasteiger partial charge in [0.1, 0.15) is 0 Å². The summed E-state index contributed by atoms with van der Waals surface area (Å²) in [6.45, 7) is 2.33. The SMILES string of the molecule is CO[Si](CCC(C)(CC[Si](OC)OC)CC[Si](OC)OC)OC. The van der Waals surface area contributed by atoms with Gasteiger partial charge in [-0.25, -0.2) is 0 Å². The summed E-state index contributed by atoms with van der Waals surface area (Å²) in [6, 6.07) is 2.91. The molecular formula is C14H33O6Si3. The van der Waals surface area contributed by atoms with Crippen LogP contribution in [0.1, 0.15) is 26.2 Å². The van der Waals surface area contributed by atoms with Crippen LogP contribution in [0.25, 0.3) is 0 Å². The molecule has 0 spiro atoms. The van der Waals surface area contributed by atoms with E-state index in [0.29, 0.717) is 0 Å². The summed E-state index contributed by atoms with van der Waals surface area (Å²) in [5.41, 5.74) is 0.187. The largest absolute Gasteiger partial charge is 0.397 e. The Morgan fingerprint density at radius 3 is 0.913 bits per heavy atom. The lowest BCUT2D eigenvalue weighted by molar-refractivity contribution is 0.222. The average molecular weight is 382 g/mol. The summed E-state index contributed by atoms with van der Waals surface area (Å²) < 4.78 is 32.5. The van der Waals surface area contributed by atoms with Crippen molar-refractivity contribution in [1.82, 2.24) is 0 Å². The van der Waals surface area contributed by atoms with Crippen LogP contribution in [0.5, 0.6) is 0 Å². The molecule has 0 amide bonds. The van der Waals surface area contributed by atoms with Gasteiger partial charge in [0.15, 0.2) is 0 Å². The first kappa shape index (κ1) is 23.4. The summed E-state index contributed by atoms with van der Waals surface area (Å²) in [7, 11) is 6.87. The second kappa shape index (κ2) is 13.7. The van der Waals surface area contributed by atoms with Gasteiger partial charge in [0.25, 0.3) is 0 Å². The van der Waals surface area contributed by atoms with Crippen molar-refractivity contribution in [3.8, 4) is 0 Å². The monoisotopic (exact) mass is 381 g/mol. The third kappa shape index (κ3) is 10.1. The normalized spacial score (nSPS) is 12.8. The molecule has 0 aliphatic heterocycles. The molecule has 0 unspecified atom stereocenters. The van der Waals surface area contributed by atoms with E-state index < -0.39 is 27.9 Å². The minimum Gasteiger partial charge on any atom is -0.397 e. The van der Waals surface area contributed by atoms with E-state index in [9.17, 15) is 0 Å². The number of hydrogen-bond acceptors (Lipinski definition) is 6. The minimum absolute atomic E-state index is 0.187. The maximum absolute atomic E-state index is 5.42. The molecule has 9 heteroatoms. The van der Waals surface area contributed by atoms with Gasteiger partial charge < -0.3 is 26.6 Å². The Labute approximate surface area is 147 Å². The van der Waals surface area contributed by atoms with E-state index in [1.807, 2.05) is 0 Å². The Morgan fingerprint density at radius 1 is 0.522 bits per heavy atom. The zero-order valence-electron chi connectivity index (χ0n) is 15.7. The highest BCUT2D eigenvalue weighted by atomic mass is 28.3. The smallest absolute Gasteiger partial charge is 0.384 e. The quantitative estimate of drug-likeness (QED) is 0.406. The molecule has 0 aliphatic rings. The Kier molecular flexibility index (Phi) is 13.9. The van der Waals surface area contributed by atoms with Crippen LogP contribution in [0.15, 0.2) is 0 Å². The van der Waals surface area contributed by atoms with E-state index in [-0.39, 0.29) is 5.41 Å². The van der Waals surface area contributed by atoms with Gasteiger partial charge in [0.05, 0.1) is 0 Å². The fraction of sp³-hybridized carbons (Fsp3) is 1.00. The fourth-order valence-electron chi connectivity index (χ4n) is 2.45. The van der Waals surface area contributed by atoms with E-state index in [1.54, 1.807) is 42.7 Å². The Balaban J connectivity index is 4.66. The van der Waals surface area contributed by atoms with Crippen molar-refractivity contribution in [3.63, 3.8) is 0 Å². The lowest BCUT2D eigenvalue weighted by Crippen LogP contribution is -2.29. The van der Waals surface area contributed by atoms with Crippen LogP contribution in [0.3, 0.4) is 0 Å². The van der Waals surface area contributed by atoms with E-state index in [1.165, 1.54) is 0 Å². The standard InChI is InChI=1S/C14H33O6Si3/c1-14(8-11-21(15-2)16-3,9-12-22(17-4)18-5)10-13-23(19-6)20-7/h8-13H2,1-7H3. The van der Waals surface area contributed by atoms with Gasteiger partial charge in [-0.2, -0.15) is 0 Å². The predicted octanol–water partition coefficient (Wildman–Crippen LogP) is 2.51. The first-order chi connectivity index (χ1) is 11.0. The highest BCUT2D eigenvalue weighted by molar-refractivity contribution is 6.45. The summed E-state index contributed by atoms with van der Waals surface area (Å²) in [5, 5.41) is 0. The van der Waals surface area contributed by atoms with E-state index in [0.717, 1.165) is 37.4 Å². The van der Waals surface area contributed by atoms with Crippen LogP contribution in [0.4, 0.5) is 0 Å². The summed E-state index contributed by atoms with van der Waals surface area (Å²) in [6.07, 6.45) is 3.19. The average Bonchev–Trinajstić information content (AvgIpc) is 2.57. The van der Waals surface area contributed by atoms with E-state index in [4.69, 9.17) is 26.6 Å². The topological polar surface area (TPSA) is 55.4 Å². The van der Waals surface area contributed by atoms with Gasteiger partial charge in [-0.1, -0.05) is 6.92 Å². The molecule has 0 saturated carbocycles. The second-order valence-electron chi connectivity index (χ2n) is 5.65. The maximum atomic E-state index is 5.42. The van der Waals surface area contributed by atoms with Crippen LogP contribution in [-0.4, -0.2) is 70.5 Å². The third-order valence-electron chi connectivity index (χ3n) is 4.16. The lowest BCUT2D eigenvalue weighted by atomic mass is 9.82. The fourth-order valence-corrected chi connectivity index (χ4v) is 6.60. The molecule has 0 saturated heterocycles. The minimum atomic E-state index is -1.16. The molecule has 3 radical (unpaired) electrons. The van der Waals surface area contributed by atoms with Crippen molar-refractivity contribution in [3.05, 3.63) is 0 Å². The zero-order chi connectivity index (χ0) is 17.7. The van der Waals surface area contributed by atoms with E-state index >= 15 is 0 Å². The predicted molar refractivity (Wildman–Crippen MR) is 95.7 cm³/mol. The van der Waals surface area contributed by atoms with Crippen molar-refractivity contribution in [2.45, 2.75) is 44.3 Å². The molecule has 0 N–H and O–H groups in total. The molecule has 0 aromatic heterocycles.